The van der Waals surface area contributed by atoms with Crippen LogP contribution in [0.5, 0.6) is 0 Å². The Morgan fingerprint density at radius 2 is 1.89 bits per heavy atom. The molecular weight excluding hydrogens is 354 g/mol. The maximum absolute atomic E-state index is 12.6. The first-order valence-corrected chi connectivity index (χ1v) is 8.95. The van der Waals surface area contributed by atoms with Crippen LogP contribution < -0.4 is 11.0 Å². The fourth-order valence-electron chi connectivity index (χ4n) is 3.17. The number of benzene rings is 2. The predicted octanol–water partition coefficient (Wildman–Crippen LogP) is 2.23. The fraction of sp³-hybridized carbons (Fsp3) is 0.143. The SMILES string of the molecule is Cn1c(-c2cccnc2)nn(CCNC(=O)c2cccc3ccccc23)c1=O. The van der Waals surface area contributed by atoms with Gasteiger partial charge in [0.2, 0.25) is 0 Å². The van der Waals surface area contributed by atoms with Crippen molar-refractivity contribution in [1.82, 2.24) is 24.6 Å². The first-order valence-electron chi connectivity index (χ1n) is 8.95. The third-order valence-electron chi connectivity index (χ3n) is 4.60. The topological polar surface area (TPSA) is 81.8 Å². The van der Waals surface area contributed by atoms with E-state index in [0.717, 1.165) is 16.3 Å². The molecule has 2 aromatic heterocycles. The second-order valence-electron chi connectivity index (χ2n) is 6.41. The molecule has 7 nitrogen and oxygen atoms in total. The van der Waals surface area contributed by atoms with Crippen LogP contribution in [0.2, 0.25) is 0 Å². The van der Waals surface area contributed by atoms with Crippen molar-refractivity contribution < 1.29 is 4.79 Å². The van der Waals surface area contributed by atoms with E-state index in [1.54, 1.807) is 31.6 Å². The maximum atomic E-state index is 12.6. The number of nitrogens with zero attached hydrogens (tertiary/aromatic N) is 4. The van der Waals surface area contributed by atoms with Crippen LogP contribution in [0.15, 0.2) is 71.8 Å². The third kappa shape index (κ3) is 3.29. The Kier molecular flexibility index (Phi) is 4.72. The molecular formula is C21H19N5O2. The number of hydrogen-bond donors (Lipinski definition) is 1. The fourth-order valence-corrected chi connectivity index (χ4v) is 3.17. The van der Waals surface area contributed by atoms with Gasteiger partial charge in [-0.15, -0.1) is 5.10 Å². The van der Waals surface area contributed by atoms with Crippen LogP contribution in [0.25, 0.3) is 22.2 Å². The molecule has 28 heavy (non-hydrogen) atoms. The van der Waals surface area contributed by atoms with Crippen LogP contribution in [-0.2, 0) is 13.6 Å². The van der Waals surface area contributed by atoms with E-state index in [2.05, 4.69) is 15.4 Å². The van der Waals surface area contributed by atoms with E-state index in [0.29, 0.717) is 17.9 Å². The van der Waals surface area contributed by atoms with Gasteiger partial charge in [-0.1, -0.05) is 36.4 Å². The number of rotatable bonds is 5. The minimum absolute atomic E-state index is 0.173. The van der Waals surface area contributed by atoms with Gasteiger partial charge in [0.25, 0.3) is 5.91 Å². The zero-order chi connectivity index (χ0) is 19.5. The Morgan fingerprint density at radius 1 is 1.07 bits per heavy atom. The number of hydrogen-bond acceptors (Lipinski definition) is 4. The van der Waals surface area contributed by atoms with E-state index in [-0.39, 0.29) is 18.1 Å². The van der Waals surface area contributed by atoms with Crippen LogP contribution in [0.1, 0.15) is 10.4 Å². The quantitative estimate of drug-likeness (QED) is 0.582. The van der Waals surface area contributed by atoms with Crippen molar-refractivity contribution in [3.8, 4) is 11.4 Å². The minimum atomic E-state index is -0.238. The van der Waals surface area contributed by atoms with Crippen LogP contribution in [0, 0.1) is 0 Å². The number of carbonyl (C=O) groups excluding carboxylic acids is 1. The van der Waals surface area contributed by atoms with Crippen LogP contribution >= 0.6 is 0 Å². The molecule has 0 saturated heterocycles. The zero-order valence-corrected chi connectivity index (χ0v) is 15.4. The molecule has 0 spiro atoms. The van der Waals surface area contributed by atoms with Gasteiger partial charge in [-0.05, 0) is 29.0 Å². The molecule has 4 aromatic rings. The summed E-state index contributed by atoms with van der Waals surface area (Å²) in [5.41, 5.74) is 1.14. The maximum Gasteiger partial charge on any atom is 0.345 e. The van der Waals surface area contributed by atoms with E-state index < -0.39 is 0 Å². The summed E-state index contributed by atoms with van der Waals surface area (Å²) >= 11 is 0. The smallest absolute Gasteiger partial charge is 0.345 e. The summed E-state index contributed by atoms with van der Waals surface area (Å²) in [5.74, 6) is 0.367. The summed E-state index contributed by atoms with van der Waals surface area (Å²) in [6, 6.07) is 17.0. The van der Waals surface area contributed by atoms with Crippen LogP contribution in [-0.4, -0.2) is 31.8 Å². The van der Waals surface area contributed by atoms with Crippen molar-refractivity contribution in [3.05, 3.63) is 83.0 Å². The summed E-state index contributed by atoms with van der Waals surface area (Å²) < 4.78 is 2.83. The molecule has 1 N–H and O–H groups in total. The van der Waals surface area contributed by atoms with Crippen molar-refractivity contribution in [1.29, 1.82) is 0 Å². The average Bonchev–Trinajstić information content (AvgIpc) is 3.02. The molecule has 2 heterocycles. The molecule has 0 bridgehead atoms. The Morgan fingerprint density at radius 3 is 2.71 bits per heavy atom. The highest BCUT2D eigenvalue weighted by molar-refractivity contribution is 6.06. The number of nitrogens with one attached hydrogen (secondary N) is 1. The molecule has 0 fully saturated rings. The van der Waals surface area contributed by atoms with Crippen molar-refractivity contribution in [2.45, 2.75) is 6.54 Å². The lowest BCUT2D eigenvalue weighted by Gasteiger charge is -2.08. The second kappa shape index (κ2) is 7.48. The lowest BCUT2D eigenvalue weighted by molar-refractivity contribution is 0.0953. The summed E-state index contributed by atoms with van der Waals surface area (Å²) in [6.07, 6.45) is 3.33. The normalized spacial score (nSPS) is 10.9. The monoisotopic (exact) mass is 373 g/mol. The van der Waals surface area contributed by atoms with Gasteiger partial charge in [0.05, 0.1) is 6.54 Å². The standard InChI is InChI=1S/C21H19N5O2/c1-25-19(16-8-5-11-22-14-16)24-26(21(25)28)13-12-23-20(27)18-10-4-7-15-6-2-3-9-17(15)18/h2-11,14H,12-13H2,1H3,(H,23,27). The Hall–Kier alpha value is -3.74. The molecule has 2 aromatic carbocycles. The van der Waals surface area contributed by atoms with Gasteiger partial charge in [-0.25, -0.2) is 9.48 Å². The number of fused-ring (bicyclic) bond motifs is 1. The highest BCUT2D eigenvalue weighted by Gasteiger charge is 2.13. The van der Waals surface area contributed by atoms with Crippen molar-refractivity contribution in [2.24, 2.45) is 7.05 Å². The van der Waals surface area contributed by atoms with Gasteiger partial charge in [0.1, 0.15) is 0 Å². The summed E-state index contributed by atoms with van der Waals surface area (Å²) in [7, 11) is 1.67. The van der Waals surface area contributed by atoms with Gasteiger partial charge >= 0.3 is 5.69 Å². The van der Waals surface area contributed by atoms with Crippen molar-refractivity contribution in [2.75, 3.05) is 6.54 Å². The summed E-state index contributed by atoms with van der Waals surface area (Å²) in [6.45, 7) is 0.578. The van der Waals surface area contributed by atoms with Gasteiger partial charge in [-0.2, -0.15) is 0 Å². The number of carbonyl (C=O) groups is 1. The molecule has 7 heteroatoms. The Bertz CT molecular complexity index is 1190. The first-order chi connectivity index (χ1) is 13.6. The molecule has 1 amide bonds. The van der Waals surface area contributed by atoms with E-state index >= 15 is 0 Å². The molecule has 0 aliphatic heterocycles. The van der Waals surface area contributed by atoms with E-state index in [1.807, 2.05) is 42.5 Å². The minimum Gasteiger partial charge on any atom is -0.350 e. The number of pyridine rings is 1. The highest BCUT2D eigenvalue weighted by Crippen LogP contribution is 2.18. The Labute approximate surface area is 161 Å². The average molecular weight is 373 g/mol. The highest BCUT2D eigenvalue weighted by atomic mass is 16.2. The summed E-state index contributed by atoms with van der Waals surface area (Å²) in [5, 5.41) is 9.16. The molecule has 0 aliphatic rings. The molecule has 0 atom stereocenters. The lowest BCUT2D eigenvalue weighted by Crippen LogP contribution is -2.31. The van der Waals surface area contributed by atoms with Gasteiger partial charge in [0, 0.05) is 37.1 Å². The van der Waals surface area contributed by atoms with Crippen LogP contribution in [0.3, 0.4) is 0 Å². The van der Waals surface area contributed by atoms with Gasteiger partial charge < -0.3 is 5.32 Å². The largest absolute Gasteiger partial charge is 0.350 e. The zero-order valence-electron chi connectivity index (χ0n) is 15.4. The molecule has 0 unspecified atom stereocenters. The molecule has 0 aliphatic carbocycles. The molecule has 4 rings (SSSR count). The number of aromatic nitrogens is 4. The molecule has 0 saturated carbocycles. The molecule has 140 valence electrons. The predicted molar refractivity (Wildman–Crippen MR) is 107 cm³/mol. The van der Waals surface area contributed by atoms with Crippen LogP contribution in [0.4, 0.5) is 0 Å². The molecule has 0 radical (unpaired) electrons. The van der Waals surface area contributed by atoms with Gasteiger partial charge in [0.15, 0.2) is 5.82 Å². The van der Waals surface area contributed by atoms with E-state index in [1.165, 1.54) is 9.25 Å². The second-order valence-corrected chi connectivity index (χ2v) is 6.41. The third-order valence-corrected chi connectivity index (χ3v) is 4.60. The van der Waals surface area contributed by atoms with E-state index in [4.69, 9.17) is 0 Å². The van der Waals surface area contributed by atoms with Crippen molar-refractivity contribution in [3.63, 3.8) is 0 Å². The van der Waals surface area contributed by atoms with Crippen molar-refractivity contribution >= 4 is 16.7 Å². The van der Waals surface area contributed by atoms with E-state index in [9.17, 15) is 9.59 Å². The van der Waals surface area contributed by atoms with Gasteiger partial charge in [-0.3, -0.25) is 14.3 Å². The summed E-state index contributed by atoms with van der Waals surface area (Å²) in [4.78, 5) is 29.1. The lowest BCUT2D eigenvalue weighted by atomic mass is 10.0. The first kappa shape index (κ1) is 17.7. The Balaban J connectivity index is 1.48. The number of amides is 1.